The second-order valence-corrected chi connectivity index (χ2v) is 20.1. The first kappa shape index (κ1) is 46.3. The predicted octanol–water partition coefficient (Wildman–Crippen LogP) is 8.58. The number of fused-ring (bicyclic) bond motifs is 3. The van der Waals surface area contributed by atoms with Crippen LogP contribution in [0.15, 0.2) is 55.0 Å². The summed E-state index contributed by atoms with van der Waals surface area (Å²) in [6.07, 6.45) is 12.7. The Morgan fingerprint density at radius 2 is 1.69 bits per heavy atom. The molecule has 0 bridgehead atoms. The number of halogens is 2. The number of nitrogens with zero attached hydrogens (tertiary/aromatic N) is 9. The van der Waals surface area contributed by atoms with Crippen LogP contribution in [0, 0.1) is 5.92 Å². The summed E-state index contributed by atoms with van der Waals surface area (Å²) in [6.45, 7) is 9.98. The second-order valence-electron chi connectivity index (χ2n) is 20.1. The molecule has 0 radical (unpaired) electrons. The topological polar surface area (TPSA) is 134 Å². The van der Waals surface area contributed by atoms with E-state index in [2.05, 4.69) is 40.4 Å². The molecule has 2 aromatic carbocycles. The number of likely N-dealkylation sites (tertiary alicyclic amines) is 1. The number of anilines is 4. The van der Waals surface area contributed by atoms with E-state index in [0.29, 0.717) is 68.7 Å². The summed E-state index contributed by atoms with van der Waals surface area (Å²) < 4.78 is 47.0. The zero-order valence-electron chi connectivity index (χ0n) is 40.4. The molecule has 6 aliphatic heterocycles. The van der Waals surface area contributed by atoms with Gasteiger partial charge in [0.2, 0.25) is 11.8 Å². The number of benzene rings is 2. The molecule has 17 heteroatoms. The number of aryl methyl sites for hydroxylation is 1. The number of carbonyl (C=O) groups excluding carboxylic acids is 3. The Bertz CT molecular complexity index is 2770. The first-order valence-electron chi connectivity index (χ1n) is 25.5. The van der Waals surface area contributed by atoms with Crippen molar-refractivity contribution in [1.29, 1.82) is 0 Å². The maximum Gasteiger partial charge on any atom is 0.328 e. The number of hydrogen-bond donors (Lipinski definition) is 1. The zero-order valence-corrected chi connectivity index (χ0v) is 40.4. The number of ether oxygens (including phenoxy) is 2. The van der Waals surface area contributed by atoms with Crippen molar-refractivity contribution in [2.75, 3.05) is 87.4 Å². The second kappa shape index (κ2) is 19.6. The number of rotatable bonds is 11. The highest BCUT2D eigenvalue weighted by atomic mass is 19.3. The van der Waals surface area contributed by atoms with Gasteiger partial charge in [-0.05, 0) is 112 Å². The molecule has 11 rings (SSSR count). The predicted molar refractivity (Wildman–Crippen MR) is 264 cm³/mol. The lowest BCUT2D eigenvalue weighted by Crippen LogP contribution is -2.49. The lowest BCUT2D eigenvalue weighted by atomic mass is 9.91. The fourth-order valence-corrected chi connectivity index (χ4v) is 12.2. The Kier molecular flexibility index (Phi) is 13.0. The van der Waals surface area contributed by atoms with Gasteiger partial charge in [-0.2, -0.15) is 5.10 Å². The molecule has 0 spiro atoms. The molecule has 0 aliphatic carbocycles. The molecule has 3 aromatic heterocycles. The number of methoxy groups -OCH3 is 1. The van der Waals surface area contributed by atoms with Crippen LogP contribution in [0.4, 0.5) is 36.5 Å². The molecule has 1 N–H and O–H groups in total. The first-order valence-corrected chi connectivity index (χ1v) is 25.5. The summed E-state index contributed by atoms with van der Waals surface area (Å²) in [6, 6.07) is 11.7. The van der Waals surface area contributed by atoms with Crippen LogP contribution >= 0.6 is 0 Å². The van der Waals surface area contributed by atoms with Crippen LogP contribution in [-0.2, 0) is 33.7 Å². The molecule has 4 fully saturated rings. The van der Waals surface area contributed by atoms with Crippen LogP contribution in [0.1, 0.15) is 106 Å². The molecule has 0 saturated carbocycles. The van der Waals surface area contributed by atoms with Gasteiger partial charge in [-0.25, -0.2) is 13.6 Å². The summed E-state index contributed by atoms with van der Waals surface area (Å²) in [7, 11) is 1.61. The summed E-state index contributed by atoms with van der Waals surface area (Å²) in [5.74, 6) is 1.80. The van der Waals surface area contributed by atoms with Gasteiger partial charge in [0.25, 0.3) is 6.43 Å². The lowest BCUT2D eigenvalue weighted by Gasteiger charge is -2.37. The number of urea groups is 1. The van der Waals surface area contributed by atoms with E-state index in [0.717, 1.165) is 141 Å². The highest BCUT2D eigenvalue weighted by Crippen LogP contribution is 2.46. The van der Waals surface area contributed by atoms with E-state index in [1.54, 1.807) is 31.2 Å². The van der Waals surface area contributed by atoms with Crippen LogP contribution in [0.5, 0.6) is 5.75 Å². The van der Waals surface area contributed by atoms with Gasteiger partial charge in [0, 0.05) is 149 Å². The van der Waals surface area contributed by atoms with Crippen molar-refractivity contribution in [3.8, 4) is 16.9 Å². The Hall–Kier alpha value is -6.07. The van der Waals surface area contributed by atoms with Gasteiger partial charge in [0.05, 0.1) is 30.9 Å². The molecule has 4 amide bonds. The smallest absolute Gasteiger partial charge is 0.328 e. The average molecular weight is 959 g/mol. The number of pyridine rings is 1. The van der Waals surface area contributed by atoms with E-state index in [1.165, 1.54) is 0 Å². The molecule has 4 saturated heterocycles. The van der Waals surface area contributed by atoms with Gasteiger partial charge < -0.3 is 33.6 Å². The SMILES string of the molecule is COc1cc(N2CCC(CCN3CCC(n4cc(-c5cc6c(cc5C(F)F)N(c5nn(C7CCOCC7)c7c5CN(C(C)=O)CC7)CCC6)c5cnccc54)CC3)CC2)ccc1N1CCC(=O)NC1=O. The number of carbonyl (C=O) groups is 3. The van der Waals surface area contributed by atoms with E-state index in [9.17, 15) is 14.4 Å². The van der Waals surface area contributed by atoms with Crippen LogP contribution in [0.3, 0.4) is 0 Å². The van der Waals surface area contributed by atoms with E-state index >= 15 is 8.78 Å². The summed E-state index contributed by atoms with van der Waals surface area (Å²) in [4.78, 5) is 52.0. The minimum atomic E-state index is -2.70. The van der Waals surface area contributed by atoms with Gasteiger partial charge in [-0.1, -0.05) is 0 Å². The third kappa shape index (κ3) is 8.88. The third-order valence-corrected chi connectivity index (χ3v) is 16.1. The van der Waals surface area contributed by atoms with Gasteiger partial charge in [-0.15, -0.1) is 0 Å². The van der Waals surface area contributed by atoms with E-state index in [1.807, 2.05) is 41.4 Å². The minimum absolute atomic E-state index is 0.0120. The van der Waals surface area contributed by atoms with E-state index in [4.69, 9.17) is 14.6 Å². The van der Waals surface area contributed by atoms with Crippen molar-refractivity contribution in [2.24, 2.45) is 5.92 Å². The van der Waals surface area contributed by atoms with Gasteiger partial charge in [-0.3, -0.25) is 29.5 Å². The quantitative estimate of drug-likeness (QED) is 0.137. The van der Waals surface area contributed by atoms with Crippen molar-refractivity contribution in [1.82, 2.24) is 34.4 Å². The number of imide groups is 1. The molecular formula is C53H64F2N10O5. The summed E-state index contributed by atoms with van der Waals surface area (Å²) in [5.41, 5.74) is 8.12. The molecule has 70 heavy (non-hydrogen) atoms. The van der Waals surface area contributed by atoms with Gasteiger partial charge in [0.1, 0.15) is 5.75 Å². The normalized spacial score (nSPS) is 20.1. The van der Waals surface area contributed by atoms with Gasteiger partial charge >= 0.3 is 6.03 Å². The third-order valence-electron chi connectivity index (χ3n) is 16.1. The van der Waals surface area contributed by atoms with E-state index < -0.39 is 12.5 Å². The van der Waals surface area contributed by atoms with Gasteiger partial charge in [0.15, 0.2) is 5.82 Å². The van der Waals surface area contributed by atoms with Crippen LogP contribution < -0.4 is 24.8 Å². The Balaban J connectivity index is 0.769. The van der Waals surface area contributed by atoms with Crippen LogP contribution in [0.2, 0.25) is 0 Å². The molecular weight excluding hydrogens is 895 g/mol. The van der Waals surface area contributed by atoms with Crippen LogP contribution in [0.25, 0.3) is 22.0 Å². The van der Waals surface area contributed by atoms with Crippen LogP contribution in [-0.4, -0.2) is 120 Å². The Labute approximate surface area is 407 Å². The number of hydrogen-bond acceptors (Lipinski definition) is 10. The highest BCUT2D eigenvalue weighted by Gasteiger charge is 2.35. The molecule has 6 aliphatic rings. The number of alkyl halides is 2. The number of amides is 4. The first-order chi connectivity index (χ1) is 34.1. The molecule has 0 unspecified atom stereocenters. The molecule has 15 nitrogen and oxygen atoms in total. The zero-order chi connectivity index (χ0) is 48.0. The minimum Gasteiger partial charge on any atom is -0.494 e. The molecule has 9 heterocycles. The highest BCUT2D eigenvalue weighted by molar-refractivity contribution is 6.06. The summed E-state index contributed by atoms with van der Waals surface area (Å²) in [5, 5.41) is 8.57. The Morgan fingerprint density at radius 3 is 2.44 bits per heavy atom. The number of piperidine rings is 2. The van der Waals surface area contributed by atoms with Crippen molar-refractivity contribution >= 4 is 51.6 Å². The molecule has 5 aromatic rings. The van der Waals surface area contributed by atoms with E-state index in [-0.39, 0.29) is 35.9 Å². The monoisotopic (exact) mass is 959 g/mol. The van der Waals surface area contributed by atoms with Crippen molar-refractivity contribution in [3.63, 3.8) is 0 Å². The van der Waals surface area contributed by atoms with Crippen molar-refractivity contribution in [2.45, 2.75) is 103 Å². The molecule has 370 valence electrons. The Morgan fingerprint density at radius 1 is 0.871 bits per heavy atom. The lowest BCUT2D eigenvalue weighted by molar-refractivity contribution is -0.129. The molecule has 0 atom stereocenters. The standard InChI is InChI=1S/C53H64F2N10O5/c1-34(66)61-24-13-46-44(32-61)52(58-65(46)38-15-26-70-27-16-38)62-18-3-4-36-28-40(41(51(54)55)30-48(36)62)43-33-64(45-7-17-56-31-42(43)45)37-11-20-59(21-12-37)19-8-35-9-22-60(23-10-35)39-5-6-47(49(29-39)69-2)63-25-14-50(67)57-53(63)68/h5-7,17,28-31,33,35,37-38,51H,3-4,8-16,18-27,32H2,1-2H3,(H,57,67,68). The largest absolute Gasteiger partial charge is 0.494 e. The van der Waals surface area contributed by atoms with Crippen molar-refractivity contribution < 1.29 is 32.6 Å². The van der Waals surface area contributed by atoms with Crippen molar-refractivity contribution in [3.05, 3.63) is 77.4 Å². The fraction of sp³-hybridized carbons (Fsp3) is 0.528. The number of aromatic nitrogens is 4. The maximum atomic E-state index is 15.6. The number of nitrogens with one attached hydrogen (secondary N) is 1. The average Bonchev–Trinajstić information content (AvgIpc) is 3.97. The summed E-state index contributed by atoms with van der Waals surface area (Å²) >= 11 is 0. The fourth-order valence-electron chi connectivity index (χ4n) is 12.2. The maximum absolute atomic E-state index is 15.6.